The van der Waals surface area contributed by atoms with Gasteiger partial charge in [0.2, 0.25) is 0 Å². The highest BCUT2D eigenvalue weighted by Crippen LogP contribution is 2.30. The second-order valence-electron chi connectivity index (χ2n) is 9.07. The minimum absolute atomic E-state index is 0.193. The monoisotopic (exact) mass is 519 g/mol. The number of anilines is 1. The van der Waals surface area contributed by atoms with Gasteiger partial charge in [-0.2, -0.15) is 0 Å². The number of benzene rings is 3. The van der Waals surface area contributed by atoms with Crippen molar-refractivity contribution in [3.05, 3.63) is 125 Å². The Labute approximate surface area is 226 Å². The Bertz CT molecular complexity index is 1610. The molecule has 0 spiro atoms. The van der Waals surface area contributed by atoms with Gasteiger partial charge in [0, 0.05) is 37.0 Å². The molecule has 0 atom stereocenters. The molecular formula is C31H29N5O3. The van der Waals surface area contributed by atoms with Crippen molar-refractivity contribution in [2.75, 3.05) is 12.4 Å². The summed E-state index contributed by atoms with van der Waals surface area (Å²) in [6, 6.07) is 28.6. The highest BCUT2D eigenvalue weighted by Gasteiger charge is 2.17. The van der Waals surface area contributed by atoms with Gasteiger partial charge in [-0.25, -0.2) is 9.78 Å². The predicted octanol–water partition coefficient (Wildman–Crippen LogP) is 4.79. The number of aromatic nitrogens is 2. The molecule has 0 saturated heterocycles. The molecule has 196 valence electrons. The Morgan fingerprint density at radius 1 is 0.846 bits per heavy atom. The molecule has 0 saturated carbocycles. The van der Waals surface area contributed by atoms with E-state index in [1.165, 1.54) is 7.11 Å². The summed E-state index contributed by atoms with van der Waals surface area (Å²) in [5.74, 6) is 0.191. The Morgan fingerprint density at radius 2 is 1.59 bits per heavy atom. The minimum atomic E-state index is -0.399. The summed E-state index contributed by atoms with van der Waals surface area (Å²) in [7, 11) is 1.36. The number of ether oxygens (including phenoxy) is 1. The van der Waals surface area contributed by atoms with Gasteiger partial charge in [-0.3, -0.25) is 9.20 Å². The molecule has 4 N–H and O–H groups in total. The molecule has 8 nitrogen and oxygen atoms in total. The normalized spacial score (nSPS) is 10.8. The molecule has 1 amide bonds. The molecule has 8 heteroatoms. The van der Waals surface area contributed by atoms with Gasteiger partial charge in [-0.15, -0.1) is 0 Å². The van der Waals surface area contributed by atoms with Gasteiger partial charge in [0.1, 0.15) is 17.2 Å². The fourth-order valence-electron chi connectivity index (χ4n) is 4.37. The maximum atomic E-state index is 13.0. The van der Waals surface area contributed by atoms with E-state index in [2.05, 4.69) is 10.6 Å². The van der Waals surface area contributed by atoms with E-state index in [0.717, 1.165) is 28.1 Å². The first kappa shape index (κ1) is 25.7. The van der Waals surface area contributed by atoms with Crippen molar-refractivity contribution in [2.45, 2.75) is 19.6 Å². The minimum Gasteiger partial charge on any atom is -0.465 e. The largest absolute Gasteiger partial charge is 0.465 e. The van der Waals surface area contributed by atoms with Crippen LogP contribution in [0.15, 0.2) is 97.2 Å². The third-order valence-corrected chi connectivity index (χ3v) is 6.45. The Kier molecular flexibility index (Phi) is 7.65. The van der Waals surface area contributed by atoms with Crippen LogP contribution >= 0.6 is 0 Å². The number of esters is 1. The van der Waals surface area contributed by atoms with Gasteiger partial charge < -0.3 is 21.1 Å². The van der Waals surface area contributed by atoms with Crippen LogP contribution in [-0.4, -0.2) is 28.4 Å². The van der Waals surface area contributed by atoms with Crippen LogP contribution in [0.5, 0.6) is 0 Å². The van der Waals surface area contributed by atoms with Crippen LogP contribution in [0.3, 0.4) is 0 Å². The summed E-state index contributed by atoms with van der Waals surface area (Å²) < 4.78 is 6.75. The molecule has 0 unspecified atom stereocenters. The average molecular weight is 520 g/mol. The van der Waals surface area contributed by atoms with Crippen LogP contribution in [0.25, 0.3) is 16.9 Å². The zero-order chi connectivity index (χ0) is 27.2. The van der Waals surface area contributed by atoms with Gasteiger partial charge in [-0.1, -0.05) is 66.7 Å². The number of imidazole rings is 1. The van der Waals surface area contributed by atoms with E-state index in [9.17, 15) is 9.59 Å². The van der Waals surface area contributed by atoms with Crippen molar-refractivity contribution < 1.29 is 14.3 Å². The number of amides is 1. The topological polar surface area (TPSA) is 111 Å². The molecule has 0 aliphatic heterocycles. The van der Waals surface area contributed by atoms with E-state index >= 15 is 0 Å². The quantitative estimate of drug-likeness (QED) is 0.242. The smallest absolute Gasteiger partial charge is 0.337 e. The van der Waals surface area contributed by atoms with Crippen LogP contribution in [0.4, 0.5) is 5.82 Å². The lowest BCUT2D eigenvalue weighted by Crippen LogP contribution is -2.23. The third kappa shape index (κ3) is 5.81. The van der Waals surface area contributed by atoms with Crippen molar-refractivity contribution >= 4 is 23.3 Å². The molecule has 0 bridgehead atoms. The lowest BCUT2D eigenvalue weighted by Gasteiger charge is -2.10. The summed E-state index contributed by atoms with van der Waals surface area (Å²) in [6.07, 6.45) is 1.84. The fourth-order valence-corrected chi connectivity index (χ4v) is 4.37. The molecule has 0 aliphatic carbocycles. The molecule has 2 aromatic heterocycles. The number of carbonyl (C=O) groups excluding carboxylic acids is 2. The first-order valence-electron chi connectivity index (χ1n) is 12.6. The van der Waals surface area contributed by atoms with Crippen molar-refractivity contribution in [1.82, 2.24) is 14.7 Å². The standard InChI is InChI=1S/C31H29N5O3/c1-39-31(38)25-12-10-24(11-13-25)28-29(33-19-21-6-3-2-4-7-21)36-15-14-26(17-27(36)35-28)30(37)34-20-23-9-5-8-22(16-23)18-32/h2-17,33H,18-20,32H2,1H3,(H,34,37). The summed E-state index contributed by atoms with van der Waals surface area (Å²) in [4.78, 5) is 29.8. The predicted molar refractivity (Wildman–Crippen MR) is 151 cm³/mol. The van der Waals surface area contributed by atoms with E-state index < -0.39 is 5.97 Å². The molecular weight excluding hydrogens is 490 g/mol. The van der Waals surface area contributed by atoms with Crippen LogP contribution in [0.2, 0.25) is 0 Å². The summed E-state index contributed by atoms with van der Waals surface area (Å²) in [5.41, 5.74) is 12.0. The number of hydrogen-bond acceptors (Lipinski definition) is 6. The Hall–Kier alpha value is -4.95. The summed E-state index contributed by atoms with van der Waals surface area (Å²) in [6.45, 7) is 1.44. The van der Waals surface area contributed by atoms with Gasteiger partial charge >= 0.3 is 5.97 Å². The number of carbonyl (C=O) groups is 2. The van der Waals surface area contributed by atoms with E-state index in [1.54, 1.807) is 24.3 Å². The van der Waals surface area contributed by atoms with Crippen molar-refractivity contribution in [2.24, 2.45) is 5.73 Å². The van der Waals surface area contributed by atoms with E-state index in [4.69, 9.17) is 15.5 Å². The maximum Gasteiger partial charge on any atom is 0.337 e. The molecule has 5 aromatic rings. The van der Waals surface area contributed by atoms with E-state index in [0.29, 0.717) is 42.1 Å². The van der Waals surface area contributed by atoms with Gasteiger partial charge in [0.05, 0.1) is 12.7 Å². The van der Waals surface area contributed by atoms with Crippen LogP contribution in [0, 0.1) is 0 Å². The van der Waals surface area contributed by atoms with Gasteiger partial charge in [0.15, 0.2) is 0 Å². The number of fused-ring (bicyclic) bond motifs is 1. The molecule has 0 fully saturated rings. The number of methoxy groups -OCH3 is 1. The lowest BCUT2D eigenvalue weighted by atomic mass is 10.1. The maximum absolute atomic E-state index is 13.0. The van der Waals surface area contributed by atoms with Crippen molar-refractivity contribution in [1.29, 1.82) is 0 Å². The number of nitrogens with two attached hydrogens (primary N) is 1. The summed E-state index contributed by atoms with van der Waals surface area (Å²) in [5, 5.41) is 6.48. The number of pyridine rings is 1. The SMILES string of the molecule is COC(=O)c1ccc(-c2nc3cc(C(=O)NCc4cccc(CN)c4)ccn3c2NCc2ccccc2)cc1. The lowest BCUT2D eigenvalue weighted by molar-refractivity contribution is 0.0600. The number of hydrogen-bond donors (Lipinski definition) is 3. The van der Waals surface area contributed by atoms with Crippen molar-refractivity contribution in [3.8, 4) is 11.3 Å². The first-order chi connectivity index (χ1) is 19.1. The Balaban J connectivity index is 1.44. The highest BCUT2D eigenvalue weighted by atomic mass is 16.5. The van der Waals surface area contributed by atoms with E-state index in [-0.39, 0.29) is 5.91 Å². The second kappa shape index (κ2) is 11.6. The molecule has 2 heterocycles. The molecule has 3 aromatic carbocycles. The number of nitrogens with zero attached hydrogens (tertiary/aromatic N) is 2. The van der Waals surface area contributed by atoms with Crippen molar-refractivity contribution in [3.63, 3.8) is 0 Å². The van der Waals surface area contributed by atoms with Crippen LogP contribution < -0.4 is 16.4 Å². The van der Waals surface area contributed by atoms with Gasteiger partial charge in [-0.05, 0) is 41.0 Å². The average Bonchev–Trinajstić information content (AvgIpc) is 3.36. The zero-order valence-electron chi connectivity index (χ0n) is 21.6. The molecule has 39 heavy (non-hydrogen) atoms. The Morgan fingerprint density at radius 3 is 2.33 bits per heavy atom. The second-order valence-corrected chi connectivity index (χ2v) is 9.07. The van der Waals surface area contributed by atoms with Crippen LogP contribution in [0.1, 0.15) is 37.4 Å². The molecule has 5 rings (SSSR count). The fraction of sp³-hybridized carbons (Fsp3) is 0.129. The molecule has 0 radical (unpaired) electrons. The van der Waals surface area contributed by atoms with Gasteiger partial charge in [0.25, 0.3) is 5.91 Å². The molecule has 0 aliphatic rings. The van der Waals surface area contributed by atoms with Crippen LogP contribution in [-0.2, 0) is 24.4 Å². The first-order valence-corrected chi connectivity index (χ1v) is 12.6. The zero-order valence-corrected chi connectivity index (χ0v) is 21.6. The third-order valence-electron chi connectivity index (χ3n) is 6.45. The summed E-state index contributed by atoms with van der Waals surface area (Å²) >= 11 is 0. The highest BCUT2D eigenvalue weighted by molar-refractivity contribution is 5.95. The van der Waals surface area contributed by atoms with E-state index in [1.807, 2.05) is 77.3 Å². The number of rotatable bonds is 9. The number of nitrogens with one attached hydrogen (secondary N) is 2.